The standard InChI is InChI=1S/C9H17O3/c1-3-4-5-11-6-9(2)7-12-8-10/h9H,3-7H2,1-2H3. The Morgan fingerprint density at radius 2 is 2.17 bits per heavy atom. The molecule has 71 valence electrons. The molecule has 0 spiro atoms. The van der Waals surface area contributed by atoms with Crippen LogP contribution in [0, 0.1) is 5.92 Å². The van der Waals surface area contributed by atoms with Crippen LogP contribution in [0.1, 0.15) is 26.7 Å². The predicted molar refractivity (Wildman–Crippen MR) is 46.5 cm³/mol. The summed E-state index contributed by atoms with van der Waals surface area (Å²) in [5.41, 5.74) is 0. The number of unbranched alkanes of at least 4 members (excludes halogenated alkanes) is 1. The van der Waals surface area contributed by atoms with Crippen molar-refractivity contribution in [3.8, 4) is 0 Å². The Balaban J connectivity index is 3.07. The maximum absolute atomic E-state index is 9.70. The minimum Gasteiger partial charge on any atom is -0.457 e. The van der Waals surface area contributed by atoms with Gasteiger partial charge in [0.15, 0.2) is 0 Å². The van der Waals surface area contributed by atoms with Gasteiger partial charge in [0, 0.05) is 12.5 Å². The van der Waals surface area contributed by atoms with Gasteiger partial charge in [0.05, 0.1) is 13.2 Å². The Labute approximate surface area is 74.0 Å². The topological polar surface area (TPSA) is 35.5 Å². The molecule has 0 saturated heterocycles. The lowest BCUT2D eigenvalue weighted by Crippen LogP contribution is -2.12. The molecule has 1 atom stereocenters. The molecule has 3 nitrogen and oxygen atoms in total. The lowest BCUT2D eigenvalue weighted by atomic mass is 10.2. The first-order valence-corrected chi connectivity index (χ1v) is 4.38. The molecule has 0 N–H and O–H groups in total. The van der Waals surface area contributed by atoms with Crippen LogP contribution >= 0.6 is 0 Å². The third-order valence-electron chi connectivity index (χ3n) is 1.47. The highest BCUT2D eigenvalue weighted by atomic mass is 16.5. The van der Waals surface area contributed by atoms with Crippen LogP contribution in [0.15, 0.2) is 0 Å². The van der Waals surface area contributed by atoms with Gasteiger partial charge >= 0.3 is 6.47 Å². The Kier molecular flexibility index (Phi) is 8.12. The van der Waals surface area contributed by atoms with E-state index in [9.17, 15) is 4.79 Å². The van der Waals surface area contributed by atoms with E-state index in [1.54, 1.807) is 0 Å². The molecule has 12 heavy (non-hydrogen) atoms. The Bertz CT molecular complexity index is 104. The molecule has 0 aromatic carbocycles. The van der Waals surface area contributed by atoms with E-state index in [1.807, 2.05) is 6.92 Å². The van der Waals surface area contributed by atoms with Crippen LogP contribution in [0.4, 0.5) is 0 Å². The van der Waals surface area contributed by atoms with E-state index in [4.69, 9.17) is 4.74 Å². The van der Waals surface area contributed by atoms with Gasteiger partial charge in [-0.25, -0.2) is 4.79 Å². The SMILES string of the molecule is CCCCOCC(C)CO[C]=O. The first kappa shape index (κ1) is 11.4. The molecular formula is C9H17O3. The van der Waals surface area contributed by atoms with Crippen molar-refractivity contribution in [3.63, 3.8) is 0 Å². The summed E-state index contributed by atoms with van der Waals surface area (Å²) >= 11 is 0. The van der Waals surface area contributed by atoms with Gasteiger partial charge < -0.3 is 9.47 Å². The number of ether oxygens (including phenoxy) is 2. The van der Waals surface area contributed by atoms with Crippen molar-refractivity contribution in [1.29, 1.82) is 0 Å². The van der Waals surface area contributed by atoms with E-state index in [2.05, 4.69) is 11.7 Å². The highest BCUT2D eigenvalue weighted by Gasteiger charge is 2.01. The fraction of sp³-hybridized carbons (Fsp3) is 0.889. The number of carbonyl (C=O) groups excluding carboxylic acids is 1. The number of hydrogen-bond donors (Lipinski definition) is 0. The molecule has 0 amide bonds. The third-order valence-corrected chi connectivity index (χ3v) is 1.47. The van der Waals surface area contributed by atoms with Crippen LogP contribution in [-0.4, -0.2) is 26.3 Å². The van der Waals surface area contributed by atoms with Crippen molar-refractivity contribution in [2.75, 3.05) is 19.8 Å². The van der Waals surface area contributed by atoms with Gasteiger partial charge in [-0.1, -0.05) is 20.3 Å². The number of rotatable bonds is 8. The van der Waals surface area contributed by atoms with Gasteiger partial charge in [0.1, 0.15) is 0 Å². The van der Waals surface area contributed by atoms with E-state index in [-0.39, 0.29) is 5.92 Å². The Morgan fingerprint density at radius 3 is 2.75 bits per heavy atom. The average Bonchev–Trinajstić information content (AvgIpc) is 2.09. The van der Waals surface area contributed by atoms with E-state index >= 15 is 0 Å². The number of hydrogen-bond acceptors (Lipinski definition) is 3. The lowest BCUT2D eigenvalue weighted by Gasteiger charge is -2.09. The van der Waals surface area contributed by atoms with Gasteiger partial charge in [0.25, 0.3) is 0 Å². The normalized spacial score (nSPS) is 12.5. The molecule has 0 aromatic rings. The van der Waals surface area contributed by atoms with Gasteiger partial charge in [0.2, 0.25) is 0 Å². The van der Waals surface area contributed by atoms with Crippen LogP contribution in [0.3, 0.4) is 0 Å². The molecule has 0 heterocycles. The van der Waals surface area contributed by atoms with Crippen LogP contribution in [-0.2, 0) is 14.3 Å². The largest absolute Gasteiger partial charge is 0.457 e. The summed E-state index contributed by atoms with van der Waals surface area (Å²) < 4.78 is 9.79. The van der Waals surface area contributed by atoms with E-state index < -0.39 is 0 Å². The Morgan fingerprint density at radius 1 is 1.42 bits per heavy atom. The monoisotopic (exact) mass is 173 g/mol. The Hall–Kier alpha value is -0.570. The molecule has 0 aliphatic rings. The summed E-state index contributed by atoms with van der Waals surface area (Å²) in [6.07, 6.45) is 2.24. The summed E-state index contributed by atoms with van der Waals surface area (Å²) in [5, 5.41) is 0. The molecule has 1 unspecified atom stereocenters. The highest BCUT2D eigenvalue weighted by molar-refractivity contribution is 5.38. The van der Waals surface area contributed by atoms with E-state index in [0.29, 0.717) is 13.2 Å². The van der Waals surface area contributed by atoms with Crippen LogP contribution < -0.4 is 0 Å². The predicted octanol–water partition coefficient (Wildman–Crippen LogP) is 1.52. The second kappa shape index (κ2) is 8.53. The maximum atomic E-state index is 9.70. The smallest absolute Gasteiger partial charge is 0.417 e. The zero-order valence-corrected chi connectivity index (χ0v) is 7.84. The summed E-state index contributed by atoms with van der Waals surface area (Å²) in [5.74, 6) is 0.267. The van der Waals surface area contributed by atoms with Gasteiger partial charge in [-0.3, -0.25) is 0 Å². The maximum Gasteiger partial charge on any atom is 0.417 e. The molecule has 0 aliphatic heterocycles. The van der Waals surface area contributed by atoms with Crippen molar-refractivity contribution >= 4 is 6.47 Å². The molecule has 0 saturated carbocycles. The molecule has 0 rings (SSSR count). The minimum absolute atomic E-state index is 0.267. The molecule has 3 heteroatoms. The fourth-order valence-corrected chi connectivity index (χ4v) is 0.755. The summed E-state index contributed by atoms with van der Waals surface area (Å²) in [4.78, 5) is 9.70. The van der Waals surface area contributed by atoms with Gasteiger partial charge in [-0.2, -0.15) is 0 Å². The molecule has 0 bridgehead atoms. The van der Waals surface area contributed by atoms with Crippen molar-refractivity contribution in [3.05, 3.63) is 0 Å². The van der Waals surface area contributed by atoms with Crippen LogP contribution in [0.25, 0.3) is 0 Å². The third kappa shape index (κ3) is 7.54. The molecule has 0 fully saturated rings. The van der Waals surface area contributed by atoms with Gasteiger partial charge in [-0.15, -0.1) is 0 Å². The lowest BCUT2D eigenvalue weighted by molar-refractivity contribution is 0.0799. The van der Waals surface area contributed by atoms with Crippen LogP contribution in [0.5, 0.6) is 0 Å². The average molecular weight is 173 g/mol. The van der Waals surface area contributed by atoms with E-state index in [0.717, 1.165) is 19.4 Å². The van der Waals surface area contributed by atoms with Crippen LogP contribution in [0.2, 0.25) is 0 Å². The van der Waals surface area contributed by atoms with Gasteiger partial charge in [-0.05, 0) is 6.42 Å². The summed E-state index contributed by atoms with van der Waals surface area (Å²) in [6, 6.07) is 0. The molecule has 0 aliphatic carbocycles. The van der Waals surface area contributed by atoms with Crippen molar-refractivity contribution in [2.45, 2.75) is 26.7 Å². The fourth-order valence-electron chi connectivity index (χ4n) is 0.755. The second-order valence-electron chi connectivity index (χ2n) is 2.93. The molecule has 0 aromatic heterocycles. The zero-order valence-electron chi connectivity index (χ0n) is 7.84. The zero-order chi connectivity index (χ0) is 9.23. The summed E-state index contributed by atoms with van der Waals surface area (Å²) in [6.45, 7) is 7.34. The van der Waals surface area contributed by atoms with E-state index in [1.165, 1.54) is 6.47 Å². The summed E-state index contributed by atoms with van der Waals surface area (Å²) in [7, 11) is 0. The van der Waals surface area contributed by atoms with Crippen molar-refractivity contribution in [2.24, 2.45) is 5.92 Å². The second-order valence-corrected chi connectivity index (χ2v) is 2.93. The molecular weight excluding hydrogens is 156 g/mol. The first-order valence-electron chi connectivity index (χ1n) is 4.38. The highest BCUT2D eigenvalue weighted by Crippen LogP contribution is 1.97. The van der Waals surface area contributed by atoms with Crippen molar-refractivity contribution < 1.29 is 14.3 Å². The quantitative estimate of drug-likeness (QED) is 0.522. The minimum atomic E-state index is 0.267. The molecule has 1 radical (unpaired) electrons. The van der Waals surface area contributed by atoms with Crippen molar-refractivity contribution in [1.82, 2.24) is 0 Å². The first-order chi connectivity index (χ1) is 5.81.